The molecular weight excluding hydrogens is 324 g/mol. The molecule has 0 unspecified atom stereocenters. The summed E-state index contributed by atoms with van der Waals surface area (Å²) in [6.45, 7) is 0.224. The average Bonchev–Trinajstić information content (AvgIpc) is 3.04. The zero-order valence-electron chi connectivity index (χ0n) is 12.5. The molecule has 6 nitrogen and oxygen atoms in total. The lowest BCUT2D eigenvalue weighted by atomic mass is 10.2. The first-order valence-corrected chi connectivity index (χ1v) is 8.09. The maximum atomic E-state index is 12.7. The molecule has 118 valence electrons. The lowest BCUT2D eigenvalue weighted by molar-refractivity contribution is 0.713. The predicted molar refractivity (Wildman–Crippen MR) is 93.3 cm³/mol. The molecule has 3 aromatic heterocycles. The molecule has 0 saturated heterocycles. The molecule has 0 spiro atoms. The molecule has 0 bridgehead atoms. The third kappa shape index (κ3) is 2.44. The number of hydrogen-bond donors (Lipinski definition) is 1. The van der Waals surface area contributed by atoms with Crippen LogP contribution in [0.3, 0.4) is 0 Å². The van der Waals surface area contributed by atoms with E-state index in [4.69, 9.17) is 0 Å². The Morgan fingerprint density at radius 3 is 2.58 bits per heavy atom. The highest BCUT2D eigenvalue weighted by atomic mass is 32.1. The summed E-state index contributed by atoms with van der Waals surface area (Å²) < 4.78 is 5.93. The molecule has 0 saturated carbocycles. The van der Waals surface area contributed by atoms with Crippen molar-refractivity contribution in [2.75, 3.05) is 0 Å². The summed E-state index contributed by atoms with van der Waals surface area (Å²) in [5, 5.41) is 0. The van der Waals surface area contributed by atoms with Gasteiger partial charge < -0.3 is 4.98 Å². The number of aromatic nitrogens is 4. The van der Waals surface area contributed by atoms with Crippen LogP contribution in [-0.4, -0.2) is 18.9 Å². The van der Waals surface area contributed by atoms with Crippen LogP contribution in [0.4, 0.5) is 0 Å². The Bertz CT molecular complexity index is 1110. The van der Waals surface area contributed by atoms with Gasteiger partial charge in [0.2, 0.25) is 0 Å². The first-order valence-electron chi connectivity index (χ1n) is 7.32. The second kappa shape index (κ2) is 5.86. The fourth-order valence-corrected chi connectivity index (χ4v) is 3.32. The quantitative estimate of drug-likeness (QED) is 0.622. The van der Waals surface area contributed by atoms with Crippen LogP contribution in [0.15, 0.2) is 64.3 Å². The minimum Gasteiger partial charge on any atom is -0.304 e. The molecule has 4 aromatic rings. The van der Waals surface area contributed by atoms with Gasteiger partial charge in [-0.15, -0.1) is 0 Å². The molecule has 3 heterocycles. The van der Waals surface area contributed by atoms with Gasteiger partial charge in [-0.3, -0.25) is 14.3 Å². The van der Waals surface area contributed by atoms with Crippen LogP contribution in [0.5, 0.6) is 0 Å². The Labute approximate surface area is 140 Å². The van der Waals surface area contributed by atoms with Gasteiger partial charge in [-0.05, 0) is 29.2 Å². The van der Waals surface area contributed by atoms with Gasteiger partial charge in [-0.1, -0.05) is 36.4 Å². The molecule has 0 radical (unpaired) electrons. The summed E-state index contributed by atoms with van der Waals surface area (Å²) in [5.41, 5.74) is 1.69. The average molecular weight is 336 g/mol. The van der Waals surface area contributed by atoms with Crippen molar-refractivity contribution in [3.8, 4) is 11.4 Å². The van der Waals surface area contributed by atoms with Crippen molar-refractivity contribution in [2.45, 2.75) is 6.54 Å². The molecule has 0 aliphatic heterocycles. The van der Waals surface area contributed by atoms with Crippen molar-refractivity contribution in [3.05, 3.63) is 81.1 Å². The number of benzene rings is 1. The summed E-state index contributed by atoms with van der Waals surface area (Å²) in [7, 11) is 0. The number of rotatable bonds is 3. The molecular formula is C17H12N4O2S. The maximum absolute atomic E-state index is 12.7. The molecule has 24 heavy (non-hydrogen) atoms. The second-order valence-corrected chi connectivity index (χ2v) is 6.03. The zero-order valence-corrected chi connectivity index (χ0v) is 13.3. The van der Waals surface area contributed by atoms with E-state index in [1.54, 1.807) is 18.3 Å². The number of fused-ring (bicyclic) bond motifs is 1. The molecule has 1 aromatic carbocycles. The normalized spacial score (nSPS) is 11.0. The fraction of sp³-hybridized carbons (Fsp3) is 0.0588. The Morgan fingerprint density at radius 2 is 1.83 bits per heavy atom. The number of pyridine rings is 1. The van der Waals surface area contributed by atoms with Crippen LogP contribution >= 0.6 is 11.5 Å². The highest BCUT2D eigenvalue weighted by molar-refractivity contribution is 7.13. The molecule has 0 fully saturated rings. The van der Waals surface area contributed by atoms with Crippen molar-refractivity contribution in [2.24, 2.45) is 0 Å². The van der Waals surface area contributed by atoms with Crippen LogP contribution in [0.1, 0.15) is 5.56 Å². The highest BCUT2D eigenvalue weighted by Gasteiger charge is 2.16. The van der Waals surface area contributed by atoms with E-state index in [1.807, 2.05) is 36.4 Å². The molecule has 7 heteroatoms. The van der Waals surface area contributed by atoms with Crippen molar-refractivity contribution in [3.63, 3.8) is 0 Å². The molecule has 4 rings (SSSR count). The van der Waals surface area contributed by atoms with Crippen molar-refractivity contribution < 1.29 is 0 Å². The van der Waals surface area contributed by atoms with Gasteiger partial charge in [0.05, 0.1) is 17.8 Å². The Kier molecular flexibility index (Phi) is 3.55. The van der Waals surface area contributed by atoms with E-state index in [1.165, 1.54) is 4.57 Å². The van der Waals surface area contributed by atoms with Gasteiger partial charge in [-0.25, -0.2) is 4.79 Å². The number of nitrogens with one attached hydrogen (secondary N) is 1. The summed E-state index contributed by atoms with van der Waals surface area (Å²) in [6.07, 6.45) is 1.65. The van der Waals surface area contributed by atoms with Crippen molar-refractivity contribution in [1.82, 2.24) is 18.9 Å². The zero-order chi connectivity index (χ0) is 16.5. The van der Waals surface area contributed by atoms with E-state index in [-0.39, 0.29) is 12.1 Å². The smallest absolute Gasteiger partial charge is 0.304 e. The Hall–Kier alpha value is -3.06. The Balaban J connectivity index is 1.88. The van der Waals surface area contributed by atoms with E-state index in [0.29, 0.717) is 21.6 Å². The largest absolute Gasteiger partial charge is 0.329 e. The summed E-state index contributed by atoms with van der Waals surface area (Å²) >= 11 is 1.08. The predicted octanol–water partition coefficient (Wildman–Crippen LogP) is 2.26. The van der Waals surface area contributed by atoms with Gasteiger partial charge >= 0.3 is 5.69 Å². The monoisotopic (exact) mass is 336 g/mol. The van der Waals surface area contributed by atoms with E-state index >= 15 is 0 Å². The third-order valence-corrected chi connectivity index (χ3v) is 4.53. The molecule has 0 aliphatic carbocycles. The number of aromatic amines is 1. The van der Waals surface area contributed by atoms with E-state index in [0.717, 1.165) is 17.1 Å². The van der Waals surface area contributed by atoms with Crippen LogP contribution in [0, 0.1) is 0 Å². The number of H-pyrrole nitrogens is 1. The van der Waals surface area contributed by atoms with Gasteiger partial charge in [-0.2, -0.15) is 4.37 Å². The van der Waals surface area contributed by atoms with Gasteiger partial charge in [0.1, 0.15) is 10.4 Å². The second-order valence-electron chi connectivity index (χ2n) is 5.26. The van der Waals surface area contributed by atoms with Crippen LogP contribution in [0.25, 0.3) is 21.6 Å². The first-order chi connectivity index (χ1) is 11.7. The standard InChI is InChI=1S/C17H12N4O2S/c22-16-15-14(13(20-24-15)12-8-4-5-9-18-12)19-17(23)21(16)10-11-6-2-1-3-7-11/h1-9H,10H2,(H,19,23). The van der Waals surface area contributed by atoms with Crippen molar-refractivity contribution in [1.29, 1.82) is 0 Å². The number of nitrogens with zero attached hydrogens (tertiary/aromatic N) is 3. The van der Waals surface area contributed by atoms with E-state index in [2.05, 4.69) is 14.3 Å². The molecule has 1 N–H and O–H groups in total. The fourth-order valence-electron chi connectivity index (χ4n) is 2.53. The summed E-state index contributed by atoms with van der Waals surface area (Å²) in [4.78, 5) is 32.1. The molecule has 0 amide bonds. The van der Waals surface area contributed by atoms with Crippen LogP contribution in [0.2, 0.25) is 0 Å². The molecule has 0 aliphatic rings. The van der Waals surface area contributed by atoms with E-state index < -0.39 is 5.69 Å². The topological polar surface area (TPSA) is 80.6 Å². The summed E-state index contributed by atoms with van der Waals surface area (Å²) in [6, 6.07) is 14.8. The van der Waals surface area contributed by atoms with Gasteiger partial charge in [0.25, 0.3) is 5.56 Å². The third-order valence-electron chi connectivity index (χ3n) is 3.70. The first kappa shape index (κ1) is 14.5. The van der Waals surface area contributed by atoms with Gasteiger partial charge in [0.15, 0.2) is 0 Å². The minimum atomic E-state index is -0.450. The van der Waals surface area contributed by atoms with Crippen LogP contribution < -0.4 is 11.2 Å². The van der Waals surface area contributed by atoms with E-state index in [9.17, 15) is 9.59 Å². The van der Waals surface area contributed by atoms with Crippen molar-refractivity contribution >= 4 is 21.7 Å². The van der Waals surface area contributed by atoms with Gasteiger partial charge in [0, 0.05) is 6.20 Å². The highest BCUT2D eigenvalue weighted by Crippen LogP contribution is 2.24. The maximum Gasteiger partial charge on any atom is 0.329 e. The lowest BCUT2D eigenvalue weighted by Crippen LogP contribution is -2.34. The summed E-state index contributed by atoms with van der Waals surface area (Å²) in [5.74, 6) is 0. The minimum absolute atomic E-state index is 0.224. The Morgan fingerprint density at radius 1 is 1.04 bits per heavy atom. The number of hydrogen-bond acceptors (Lipinski definition) is 5. The molecule has 0 atom stereocenters. The van der Waals surface area contributed by atoms with Crippen LogP contribution in [-0.2, 0) is 6.54 Å². The SMILES string of the molecule is O=c1[nH]c2c(-c3ccccn3)nsc2c(=O)n1Cc1ccccc1. The lowest BCUT2D eigenvalue weighted by Gasteiger charge is -2.05.